The van der Waals surface area contributed by atoms with Crippen LogP contribution in [0.5, 0.6) is 0 Å². The van der Waals surface area contributed by atoms with Gasteiger partial charge in [-0.2, -0.15) is 0 Å². The van der Waals surface area contributed by atoms with E-state index in [1.807, 2.05) is 6.08 Å². The third-order valence-electron chi connectivity index (χ3n) is 3.45. The molecule has 22 heavy (non-hydrogen) atoms. The summed E-state index contributed by atoms with van der Waals surface area (Å²) in [4.78, 5) is 20.2. The molecule has 0 aromatic carbocycles. The number of pyridine rings is 1. The third kappa shape index (κ3) is 2.63. The Morgan fingerprint density at radius 1 is 1.50 bits per heavy atom. The molecule has 2 aromatic heterocycles. The highest BCUT2D eigenvalue weighted by Gasteiger charge is 2.21. The summed E-state index contributed by atoms with van der Waals surface area (Å²) in [6, 6.07) is 3.27. The first kappa shape index (κ1) is 14.1. The van der Waals surface area contributed by atoms with Gasteiger partial charge in [-0.15, -0.1) is 6.58 Å². The average molecular weight is 296 g/mol. The van der Waals surface area contributed by atoms with Gasteiger partial charge < -0.3 is 15.0 Å². The van der Waals surface area contributed by atoms with Crippen molar-refractivity contribution in [1.82, 2.24) is 14.5 Å². The van der Waals surface area contributed by atoms with Gasteiger partial charge in [-0.05, 0) is 12.1 Å². The predicted molar refractivity (Wildman–Crippen MR) is 83.9 cm³/mol. The molecule has 3 heterocycles. The first-order chi connectivity index (χ1) is 10.7. The highest BCUT2D eigenvalue weighted by atomic mass is 16.5. The summed E-state index contributed by atoms with van der Waals surface area (Å²) in [7, 11) is 0. The number of allylic oxidation sites excluding steroid dienone is 1. The Balaban J connectivity index is 2.09. The van der Waals surface area contributed by atoms with Crippen molar-refractivity contribution in [2.75, 3.05) is 5.73 Å². The Hall–Kier alpha value is -2.89. The molecular weight excluding hydrogens is 280 g/mol. The Kier molecular flexibility index (Phi) is 3.74. The Morgan fingerprint density at radius 3 is 3.09 bits per heavy atom. The van der Waals surface area contributed by atoms with Crippen LogP contribution in [-0.2, 0) is 11.3 Å². The van der Waals surface area contributed by atoms with Crippen molar-refractivity contribution in [2.45, 2.75) is 19.1 Å². The van der Waals surface area contributed by atoms with Gasteiger partial charge in [0, 0.05) is 42.6 Å². The molecule has 0 amide bonds. The van der Waals surface area contributed by atoms with Crippen LogP contribution in [0.1, 0.15) is 18.2 Å². The summed E-state index contributed by atoms with van der Waals surface area (Å²) in [6.45, 7) is 4.11. The van der Waals surface area contributed by atoms with Crippen LogP contribution in [-0.4, -0.2) is 14.5 Å². The van der Waals surface area contributed by atoms with E-state index < -0.39 is 0 Å². The summed E-state index contributed by atoms with van der Waals surface area (Å²) < 4.78 is 7.13. The van der Waals surface area contributed by atoms with E-state index in [1.54, 1.807) is 35.4 Å². The third-order valence-corrected chi connectivity index (χ3v) is 3.45. The van der Waals surface area contributed by atoms with Crippen LogP contribution in [0.25, 0.3) is 11.1 Å². The number of anilines is 1. The second-order valence-electron chi connectivity index (χ2n) is 4.96. The van der Waals surface area contributed by atoms with E-state index in [1.165, 1.54) is 6.07 Å². The van der Waals surface area contributed by atoms with Gasteiger partial charge >= 0.3 is 0 Å². The fourth-order valence-corrected chi connectivity index (χ4v) is 2.41. The van der Waals surface area contributed by atoms with Crippen molar-refractivity contribution in [1.29, 1.82) is 0 Å². The van der Waals surface area contributed by atoms with Crippen LogP contribution in [0.2, 0.25) is 0 Å². The van der Waals surface area contributed by atoms with Crippen molar-refractivity contribution in [3.8, 4) is 11.1 Å². The van der Waals surface area contributed by atoms with Crippen molar-refractivity contribution in [3.05, 3.63) is 65.6 Å². The first-order valence-corrected chi connectivity index (χ1v) is 6.93. The summed E-state index contributed by atoms with van der Waals surface area (Å²) >= 11 is 0. The van der Waals surface area contributed by atoms with Gasteiger partial charge in [-0.25, -0.2) is 9.97 Å². The van der Waals surface area contributed by atoms with Crippen LogP contribution >= 0.6 is 0 Å². The van der Waals surface area contributed by atoms with E-state index in [4.69, 9.17) is 10.5 Å². The maximum absolute atomic E-state index is 11.8. The summed E-state index contributed by atoms with van der Waals surface area (Å²) in [5.74, 6) is 0.202. The van der Waals surface area contributed by atoms with Crippen LogP contribution in [0, 0.1) is 0 Å². The predicted octanol–water partition coefficient (Wildman–Crippen LogP) is 2.05. The van der Waals surface area contributed by atoms with Gasteiger partial charge in [0.25, 0.3) is 5.56 Å². The van der Waals surface area contributed by atoms with E-state index in [2.05, 4.69) is 16.5 Å². The van der Waals surface area contributed by atoms with Gasteiger partial charge in [0.15, 0.2) is 0 Å². The molecule has 2 aromatic rings. The quantitative estimate of drug-likeness (QED) is 0.873. The summed E-state index contributed by atoms with van der Waals surface area (Å²) in [5, 5.41) is 0. The number of hydrogen-bond donors (Lipinski definition) is 1. The van der Waals surface area contributed by atoms with Crippen LogP contribution < -0.4 is 11.3 Å². The van der Waals surface area contributed by atoms with Crippen molar-refractivity contribution < 1.29 is 4.74 Å². The molecule has 1 atom stereocenters. The lowest BCUT2D eigenvalue weighted by Gasteiger charge is -2.15. The largest absolute Gasteiger partial charge is 0.492 e. The van der Waals surface area contributed by atoms with Crippen molar-refractivity contribution >= 4 is 5.95 Å². The normalized spacial score (nSPS) is 16.5. The maximum Gasteiger partial charge on any atom is 0.250 e. The highest BCUT2D eigenvalue weighted by Crippen LogP contribution is 2.32. The molecule has 0 spiro atoms. The molecule has 0 radical (unpaired) electrons. The van der Waals surface area contributed by atoms with E-state index >= 15 is 0 Å². The zero-order valence-electron chi connectivity index (χ0n) is 12.0. The number of aromatic nitrogens is 3. The lowest BCUT2D eigenvalue weighted by Crippen LogP contribution is -2.18. The zero-order valence-corrected chi connectivity index (χ0v) is 12.0. The zero-order chi connectivity index (χ0) is 15.5. The number of rotatable bonds is 4. The van der Waals surface area contributed by atoms with Gasteiger partial charge in [0.2, 0.25) is 5.95 Å². The van der Waals surface area contributed by atoms with Gasteiger partial charge in [0.05, 0.1) is 12.0 Å². The molecule has 2 N–H and O–H groups in total. The fourth-order valence-electron chi connectivity index (χ4n) is 2.41. The molecule has 0 saturated carbocycles. The number of nitrogens with two attached hydrogens (primary N) is 1. The molecule has 1 unspecified atom stereocenters. The van der Waals surface area contributed by atoms with Gasteiger partial charge in [-0.1, -0.05) is 6.08 Å². The molecule has 0 saturated heterocycles. The SMILES string of the molecule is C=CCn1cc(-c2cnc(N)nc2C2CC=CO2)ccc1=O. The van der Waals surface area contributed by atoms with Gasteiger partial charge in [0.1, 0.15) is 6.10 Å². The molecular formula is C16H16N4O2. The molecule has 0 fully saturated rings. The minimum Gasteiger partial charge on any atom is -0.492 e. The molecule has 1 aliphatic heterocycles. The maximum atomic E-state index is 11.8. The van der Waals surface area contributed by atoms with Crippen LogP contribution in [0.4, 0.5) is 5.95 Å². The lowest BCUT2D eigenvalue weighted by molar-refractivity contribution is 0.169. The number of ether oxygens (including phenoxy) is 1. The topological polar surface area (TPSA) is 83.0 Å². The Morgan fingerprint density at radius 2 is 2.36 bits per heavy atom. The molecule has 0 aliphatic carbocycles. The van der Waals surface area contributed by atoms with Crippen molar-refractivity contribution in [3.63, 3.8) is 0 Å². The molecule has 3 rings (SSSR count). The second kappa shape index (κ2) is 5.85. The van der Waals surface area contributed by atoms with Crippen molar-refractivity contribution in [2.24, 2.45) is 0 Å². The molecule has 6 nitrogen and oxygen atoms in total. The fraction of sp³-hybridized carbons (Fsp3) is 0.188. The van der Waals surface area contributed by atoms with Gasteiger partial charge in [-0.3, -0.25) is 4.79 Å². The molecule has 6 heteroatoms. The number of nitrogens with zero attached hydrogens (tertiary/aromatic N) is 3. The number of hydrogen-bond acceptors (Lipinski definition) is 5. The standard InChI is InChI=1S/C16H16N4O2/c1-2-7-20-10-11(5-6-14(20)21)12-9-18-16(17)19-15(12)13-4-3-8-22-13/h2-3,5-6,8-10,13H,1,4,7H2,(H2,17,18,19). The molecule has 112 valence electrons. The smallest absolute Gasteiger partial charge is 0.250 e. The highest BCUT2D eigenvalue weighted by molar-refractivity contribution is 5.65. The summed E-state index contributed by atoms with van der Waals surface area (Å²) in [5.41, 5.74) is 7.99. The van der Waals surface area contributed by atoms with E-state index in [9.17, 15) is 4.79 Å². The Bertz CT molecular complexity index is 787. The summed E-state index contributed by atoms with van der Waals surface area (Å²) in [6.07, 6.45) is 9.25. The van der Waals surface area contributed by atoms with E-state index in [0.29, 0.717) is 6.54 Å². The van der Waals surface area contributed by atoms with Crippen LogP contribution in [0.3, 0.4) is 0 Å². The minimum atomic E-state index is -0.180. The van der Waals surface area contributed by atoms with E-state index in [0.717, 1.165) is 23.2 Å². The average Bonchev–Trinajstić information content (AvgIpc) is 3.04. The molecule has 1 aliphatic rings. The minimum absolute atomic E-state index is 0.0830. The van der Waals surface area contributed by atoms with Crippen LogP contribution in [0.15, 0.2) is 54.3 Å². The lowest BCUT2D eigenvalue weighted by atomic mass is 10.0. The Labute approximate surface area is 127 Å². The monoisotopic (exact) mass is 296 g/mol. The number of nitrogen functional groups attached to an aromatic ring is 1. The molecule has 0 bridgehead atoms. The van der Waals surface area contributed by atoms with E-state index in [-0.39, 0.29) is 17.6 Å². The first-order valence-electron chi connectivity index (χ1n) is 6.93. The second-order valence-corrected chi connectivity index (χ2v) is 4.96.